The van der Waals surface area contributed by atoms with Crippen molar-refractivity contribution in [2.75, 3.05) is 6.61 Å². The van der Waals surface area contributed by atoms with Gasteiger partial charge in [0.25, 0.3) is 5.56 Å². The zero-order chi connectivity index (χ0) is 23.4. The molecule has 2 unspecified atom stereocenters. The van der Waals surface area contributed by atoms with Crippen LogP contribution in [0, 0.1) is 5.82 Å². The Morgan fingerprint density at radius 3 is 2.82 bits per heavy atom. The normalized spacial score (nSPS) is 20.1. The first-order valence-corrected chi connectivity index (χ1v) is 12.0. The largest absolute Gasteiger partial charge is 0.373 e. The highest BCUT2D eigenvalue weighted by molar-refractivity contribution is 6.30. The molecular formula is C26H24ClFN4O2. The molecule has 2 atom stereocenters. The summed E-state index contributed by atoms with van der Waals surface area (Å²) in [5.41, 5.74) is 5.07. The number of rotatable bonds is 3. The summed E-state index contributed by atoms with van der Waals surface area (Å²) < 4.78 is 24.5. The van der Waals surface area contributed by atoms with E-state index in [2.05, 4.69) is 5.10 Å². The third-order valence-corrected chi connectivity index (χ3v) is 7.27. The Hall–Kier alpha value is -3.03. The number of benzene rings is 1. The standard InChI is InChI=1S/C26H24ClFN4O2/c1-31-13-17(12-29-31)24-10-15(7-8-34-24)16-9-21(19-6-5-18(27)11-22(19)28)25-30-23-4-2-3-20(23)26(33)32(25)14-16/h5-6,9,11-15,24H,2-4,7-8,10H2,1H3. The van der Waals surface area contributed by atoms with Gasteiger partial charge in [0.2, 0.25) is 0 Å². The van der Waals surface area contributed by atoms with Gasteiger partial charge in [0.05, 0.1) is 18.0 Å². The molecule has 4 heterocycles. The average molecular weight is 479 g/mol. The number of hydrogen-bond acceptors (Lipinski definition) is 4. The summed E-state index contributed by atoms with van der Waals surface area (Å²) in [6.45, 7) is 0.601. The maximum atomic E-state index is 15.1. The van der Waals surface area contributed by atoms with Crippen molar-refractivity contribution in [2.45, 2.75) is 44.1 Å². The molecule has 2 aliphatic rings. The molecule has 3 aromatic heterocycles. The van der Waals surface area contributed by atoms with Crippen molar-refractivity contribution in [3.63, 3.8) is 0 Å². The number of ether oxygens (including phenoxy) is 1. The van der Waals surface area contributed by atoms with Gasteiger partial charge in [-0.15, -0.1) is 0 Å². The lowest BCUT2D eigenvalue weighted by Gasteiger charge is -2.30. The maximum absolute atomic E-state index is 15.1. The summed E-state index contributed by atoms with van der Waals surface area (Å²) in [4.78, 5) is 18.3. The molecule has 0 saturated carbocycles. The summed E-state index contributed by atoms with van der Waals surface area (Å²) in [5.74, 6) is -0.279. The van der Waals surface area contributed by atoms with Gasteiger partial charge in [0, 0.05) is 53.3 Å². The Morgan fingerprint density at radius 2 is 2.03 bits per heavy atom. The first-order valence-electron chi connectivity index (χ1n) is 11.6. The smallest absolute Gasteiger partial charge is 0.261 e. The van der Waals surface area contributed by atoms with Crippen molar-refractivity contribution in [3.05, 3.63) is 86.4 Å². The predicted octanol–water partition coefficient (Wildman–Crippen LogP) is 5.01. The van der Waals surface area contributed by atoms with Crippen LogP contribution < -0.4 is 5.56 Å². The van der Waals surface area contributed by atoms with Crippen molar-refractivity contribution in [1.82, 2.24) is 19.2 Å². The molecule has 1 aliphatic carbocycles. The van der Waals surface area contributed by atoms with E-state index in [0.717, 1.165) is 54.5 Å². The molecule has 174 valence electrons. The van der Waals surface area contributed by atoms with Crippen LogP contribution in [0.15, 0.2) is 47.7 Å². The van der Waals surface area contributed by atoms with Crippen LogP contribution in [-0.2, 0) is 24.6 Å². The number of aromatic nitrogens is 4. The Kier molecular flexibility index (Phi) is 5.26. The van der Waals surface area contributed by atoms with Gasteiger partial charge in [0.1, 0.15) is 11.5 Å². The van der Waals surface area contributed by atoms with E-state index in [1.54, 1.807) is 21.2 Å². The number of fused-ring (bicyclic) bond motifs is 2. The quantitative estimate of drug-likeness (QED) is 0.415. The molecular weight excluding hydrogens is 455 g/mol. The number of halogens is 2. The average Bonchev–Trinajstić information content (AvgIpc) is 3.48. The van der Waals surface area contributed by atoms with Gasteiger partial charge in [-0.25, -0.2) is 9.37 Å². The van der Waals surface area contributed by atoms with Gasteiger partial charge in [-0.1, -0.05) is 11.6 Å². The molecule has 34 heavy (non-hydrogen) atoms. The molecule has 0 spiro atoms. The van der Waals surface area contributed by atoms with Crippen molar-refractivity contribution in [2.24, 2.45) is 7.05 Å². The molecule has 6 rings (SSSR count). The van der Waals surface area contributed by atoms with E-state index in [1.165, 1.54) is 6.07 Å². The van der Waals surface area contributed by atoms with Crippen LogP contribution in [-0.4, -0.2) is 25.8 Å². The minimum atomic E-state index is -0.429. The number of nitrogens with zero attached hydrogens (tertiary/aromatic N) is 4. The Balaban J connectivity index is 1.52. The molecule has 6 nitrogen and oxygen atoms in total. The molecule has 8 heteroatoms. The van der Waals surface area contributed by atoms with E-state index in [4.69, 9.17) is 21.3 Å². The highest BCUT2D eigenvalue weighted by Crippen LogP contribution is 2.39. The monoisotopic (exact) mass is 478 g/mol. The summed E-state index contributed by atoms with van der Waals surface area (Å²) in [5, 5.41) is 4.61. The second-order valence-electron chi connectivity index (χ2n) is 9.23. The van der Waals surface area contributed by atoms with Gasteiger partial charge < -0.3 is 4.74 Å². The molecule has 1 saturated heterocycles. The maximum Gasteiger partial charge on any atom is 0.261 e. The van der Waals surface area contributed by atoms with Gasteiger partial charge in [0.15, 0.2) is 0 Å². The lowest BCUT2D eigenvalue weighted by molar-refractivity contribution is 0.00518. The molecule has 0 radical (unpaired) electrons. The first kappa shape index (κ1) is 21.5. The lowest BCUT2D eigenvalue weighted by Crippen LogP contribution is -2.23. The van der Waals surface area contributed by atoms with Crippen molar-refractivity contribution >= 4 is 17.2 Å². The fourth-order valence-corrected chi connectivity index (χ4v) is 5.46. The van der Waals surface area contributed by atoms with Crippen LogP contribution in [0.3, 0.4) is 0 Å². The lowest BCUT2D eigenvalue weighted by atomic mass is 9.86. The summed E-state index contributed by atoms with van der Waals surface area (Å²) in [7, 11) is 1.89. The molecule has 4 aromatic rings. The predicted molar refractivity (Wildman–Crippen MR) is 128 cm³/mol. The van der Waals surface area contributed by atoms with Crippen molar-refractivity contribution in [1.29, 1.82) is 0 Å². The van der Waals surface area contributed by atoms with Crippen LogP contribution in [0.1, 0.15) is 53.7 Å². The van der Waals surface area contributed by atoms with E-state index < -0.39 is 5.82 Å². The molecule has 1 fully saturated rings. The second-order valence-corrected chi connectivity index (χ2v) is 9.67. The topological polar surface area (TPSA) is 61.4 Å². The van der Waals surface area contributed by atoms with Gasteiger partial charge in [-0.2, -0.15) is 5.10 Å². The third-order valence-electron chi connectivity index (χ3n) is 7.04. The summed E-state index contributed by atoms with van der Waals surface area (Å²) in [6, 6.07) is 6.63. The van der Waals surface area contributed by atoms with Crippen molar-refractivity contribution in [3.8, 4) is 11.1 Å². The van der Waals surface area contributed by atoms with Crippen LogP contribution in [0.2, 0.25) is 5.02 Å². The van der Waals surface area contributed by atoms with Crippen LogP contribution in [0.4, 0.5) is 4.39 Å². The van der Waals surface area contributed by atoms with Gasteiger partial charge in [-0.3, -0.25) is 13.9 Å². The molecule has 1 aliphatic heterocycles. The summed E-state index contributed by atoms with van der Waals surface area (Å²) in [6.07, 6.45) is 9.63. The molecule has 0 amide bonds. The fraction of sp³-hybridized carbons (Fsp3) is 0.346. The van der Waals surface area contributed by atoms with Gasteiger partial charge >= 0.3 is 0 Å². The Labute approximate surface area is 201 Å². The minimum absolute atomic E-state index is 0.0501. The second kappa shape index (κ2) is 8.32. The fourth-order valence-electron chi connectivity index (χ4n) is 5.30. The van der Waals surface area contributed by atoms with Crippen LogP contribution >= 0.6 is 11.6 Å². The highest BCUT2D eigenvalue weighted by Gasteiger charge is 2.28. The van der Waals surface area contributed by atoms with Crippen LogP contribution in [0.25, 0.3) is 16.8 Å². The van der Waals surface area contributed by atoms with Crippen LogP contribution in [0.5, 0.6) is 0 Å². The van der Waals surface area contributed by atoms with Crippen molar-refractivity contribution < 1.29 is 9.13 Å². The third kappa shape index (κ3) is 3.63. The Morgan fingerprint density at radius 1 is 1.15 bits per heavy atom. The minimum Gasteiger partial charge on any atom is -0.373 e. The number of aryl methyl sites for hydroxylation is 2. The number of hydrogen-bond donors (Lipinski definition) is 0. The molecule has 1 aromatic carbocycles. The highest BCUT2D eigenvalue weighted by atomic mass is 35.5. The summed E-state index contributed by atoms with van der Waals surface area (Å²) >= 11 is 6.02. The SMILES string of the molecule is Cn1cc(C2CC(c3cc(-c4ccc(Cl)cc4F)c4nc5c(c(=O)n4c3)CCC5)CCO2)cn1. The zero-order valence-electron chi connectivity index (χ0n) is 18.8. The van der Waals surface area contributed by atoms with E-state index in [9.17, 15) is 4.79 Å². The zero-order valence-corrected chi connectivity index (χ0v) is 19.6. The molecule has 0 N–H and O–H groups in total. The van der Waals surface area contributed by atoms with Gasteiger partial charge in [-0.05, 0) is 67.9 Å². The van der Waals surface area contributed by atoms with E-state index in [-0.39, 0.29) is 17.6 Å². The number of pyridine rings is 1. The van der Waals surface area contributed by atoms with E-state index in [1.807, 2.05) is 31.7 Å². The van der Waals surface area contributed by atoms with E-state index >= 15 is 4.39 Å². The molecule has 0 bridgehead atoms. The van der Waals surface area contributed by atoms with E-state index in [0.29, 0.717) is 28.4 Å². The first-order chi connectivity index (χ1) is 16.5. The Bertz CT molecular complexity index is 1480.